The SMILES string of the molecule is O=C(/C=C/c1cccs1)N1CCCCC1CO. The number of carbonyl (C=O) groups excluding carboxylic acids is 1. The van der Waals surface area contributed by atoms with Gasteiger partial charge < -0.3 is 10.0 Å². The van der Waals surface area contributed by atoms with E-state index >= 15 is 0 Å². The molecule has 17 heavy (non-hydrogen) atoms. The molecule has 1 aromatic heterocycles. The monoisotopic (exact) mass is 251 g/mol. The Morgan fingerprint density at radius 1 is 1.59 bits per heavy atom. The molecule has 92 valence electrons. The molecule has 1 N–H and O–H groups in total. The second kappa shape index (κ2) is 5.98. The molecule has 0 radical (unpaired) electrons. The second-order valence-electron chi connectivity index (χ2n) is 4.21. The summed E-state index contributed by atoms with van der Waals surface area (Å²) in [4.78, 5) is 14.9. The van der Waals surface area contributed by atoms with Crippen LogP contribution in [-0.4, -0.2) is 35.1 Å². The number of likely N-dealkylation sites (tertiary alicyclic amines) is 1. The second-order valence-corrected chi connectivity index (χ2v) is 5.19. The van der Waals surface area contributed by atoms with Crippen molar-refractivity contribution < 1.29 is 9.90 Å². The Labute approximate surface area is 105 Å². The van der Waals surface area contributed by atoms with Gasteiger partial charge in [-0.25, -0.2) is 0 Å². The van der Waals surface area contributed by atoms with E-state index in [1.807, 2.05) is 23.6 Å². The molecule has 0 aliphatic carbocycles. The first-order valence-corrected chi connectivity index (χ1v) is 6.82. The van der Waals surface area contributed by atoms with Gasteiger partial charge >= 0.3 is 0 Å². The summed E-state index contributed by atoms with van der Waals surface area (Å²) in [6.45, 7) is 0.831. The normalized spacial score (nSPS) is 21.0. The van der Waals surface area contributed by atoms with E-state index < -0.39 is 0 Å². The van der Waals surface area contributed by atoms with Gasteiger partial charge in [-0.2, -0.15) is 0 Å². The minimum absolute atomic E-state index is 0.00392. The van der Waals surface area contributed by atoms with Crippen molar-refractivity contribution in [2.75, 3.05) is 13.2 Å². The molecule has 0 spiro atoms. The molecule has 1 atom stereocenters. The highest BCUT2D eigenvalue weighted by atomic mass is 32.1. The zero-order valence-corrected chi connectivity index (χ0v) is 10.5. The van der Waals surface area contributed by atoms with Gasteiger partial charge in [0.1, 0.15) is 0 Å². The predicted molar refractivity (Wildman–Crippen MR) is 69.8 cm³/mol. The third kappa shape index (κ3) is 3.17. The number of thiophene rings is 1. The van der Waals surface area contributed by atoms with Crippen molar-refractivity contribution in [3.05, 3.63) is 28.5 Å². The van der Waals surface area contributed by atoms with E-state index in [1.54, 1.807) is 22.3 Å². The lowest BCUT2D eigenvalue weighted by molar-refractivity contribution is -0.130. The van der Waals surface area contributed by atoms with Gasteiger partial charge in [0.25, 0.3) is 0 Å². The summed E-state index contributed by atoms with van der Waals surface area (Å²) in [5, 5.41) is 11.2. The van der Waals surface area contributed by atoms with Crippen molar-refractivity contribution in [1.29, 1.82) is 0 Å². The molecule has 2 rings (SSSR count). The zero-order chi connectivity index (χ0) is 12.1. The first kappa shape index (κ1) is 12.3. The van der Waals surface area contributed by atoms with Crippen LogP contribution in [0.3, 0.4) is 0 Å². The average molecular weight is 251 g/mol. The molecular formula is C13H17NO2S. The average Bonchev–Trinajstić information content (AvgIpc) is 2.89. The summed E-state index contributed by atoms with van der Waals surface area (Å²) in [6.07, 6.45) is 6.50. The first-order chi connectivity index (χ1) is 8.31. The number of hydrogen-bond donors (Lipinski definition) is 1. The standard InChI is InChI=1S/C13H17NO2S/c15-10-11-4-1-2-8-14(11)13(16)7-6-12-5-3-9-17-12/h3,5-7,9,11,15H,1-2,4,8,10H2/b7-6+. The number of aliphatic hydroxyl groups is 1. The van der Waals surface area contributed by atoms with Crippen LogP contribution in [0, 0.1) is 0 Å². The molecule has 1 amide bonds. The largest absolute Gasteiger partial charge is 0.394 e. The fourth-order valence-corrected chi connectivity index (χ4v) is 2.73. The predicted octanol–water partition coefficient (Wildman–Crippen LogP) is 2.13. The Morgan fingerprint density at radius 3 is 3.18 bits per heavy atom. The quantitative estimate of drug-likeness (QED) is 0.836. The molecule has 0 bridgehead atoms. The van der Waals surface area contributed by atoms with E-state index in [1.165, 1.54) is 0 Å². The fourth-order valence-electron chi connectivity index (χ4n) is 2.12. The molecule has 1 aromatic rings. The zero-order valence-electron chi connectivity index (χ0n) is 9.71. The van der Waals surface area contributed by atoms with Crippen LogP contribution in [0.15, 0.2) is 23.6 Å². The van der Waals surface area contributed by atoms with Crippen molar-refractivity contribution >= 4 is 23.3 Å². The summed E-state index contributed by atoms with van der Waals surface area (Å²) < 4.78 is 0. The highest BCUT2D eigenvalue weighted by Crippen LogP contribution is 2.17. The van der Waals surface area contributed by atoms with Crippen LogP contribution in [0.1, 0.15) is 24.1 Å². The lowest BCUT2D eigenvalue weighted by atomic mass is 10.0. The Balaban J connectivity index is 1.98. The number of hydrogen-bond acceptors (Lipinski definition) is 3. The highest BCUT2D eigenvalue weighted by molar-refractivity contribution is 7.10. The van der Waals surface area contributed by atoms with E-state index in [4.69, 9.17) is 0 Å². The molecule has 1 aliphatic heterocycles. The minimum Gasteiger partial charge on any atom is -0.394 e. The molecule has 1 fully saturated rings. The molecule has 1 unspecified atom stereocenters. The van der Waals surface area contributed by atoms with Crippen LogP contribution in [-0.2, 0) is 4.79 Å². The number of amides is 1. The van der Waals surface area contributed by atoms with Crippen LogP contribution in [0.4, 0.5) is 0 Å². The molecule has 4 heteroatoms. The van der Waals surface area contributed by atoms with E-state index in [0.717, 1.165) is 30.7 Å². The van der Waals surface area contributed by atoms with Gasteiger partial charge in [0.2, 0.25) is 5.91 Å². The van der Waals surface area contributed by atoms with Crippen molar-refractivity contribution in [3.8, 4) is 0 Å². The third-order valence-electron chi connectivity index (χ3n) is 3.05. The lowest BCUT2D eigenvalue weighted by Gasteiger charge is -2.33. The maximum Gasteiger partial charge on any atom is 0.246 e. The Morgan fingerprint density at radius 2 is 2.47 bits per heavy atom. The molecule has 0 saturated carbocycles. The molecule has 0 aromatic carbocycles. The molecule has 1 saturated heterocycles. The van der Waals surface area contributed by atoms with Gasteiger partial charge in [0, 0.05) is 17.5 Å². The van der Waals surface area contributed by atoms with Crippen molar-refractivity contribution in [3.63, 3.8) is 0 Å². The molecule has 3 nitrogen and oxygen atoms in total. The topological polar surface area (TPSA) is 40.5 Å². The lowest BCUT2D eigenvalue weighted by Crippen LogP contribution is -2.44. The van der Waals surface area contributed by atoms with Crippen molar-refractivity contribution in [1.82, 2.24) is 4.90 Å². The van der Waals surface area contributed by atoms with Crippen LogP contribution < -0.4 is 0 Å². The number of carbonyl (C=O) groups is 1. The van der Waals surface area contributed by atoms with Crippen LogP contribution >= 0.6 is 11.3 Å². The summed E-state index contributed by atoms with van der Waals surface area (Å²) in [5.74, 6) is 0.0113. The Hall–Kier alpha value is -1.13. The number of piperidine rings is 1. The minimum atomic E-state index is 0.00392. The van der Waals surface area contributed by atoms with Crippen LogP contribution in [0.2, 0.25) is 0 Å². The molecular weight excluding hydrogens is 234 g/mol. The Kier molecular flexibility index (Phi) is 4.34. The van der Waals surface area contributed by atoms with E-state index in [9.17, 15) is 9.90 Å². The fraction of sp³-hybridized carbons (Fsp3) is 0.462. The summed E-state index contributed by atoms with van der Waals surface area (Å²) in [5.41, 5.74) is 0. The first-order valence-electron chi connectivity index (χ1n) is 5.94. The molecule has 2 heterocycles. The van der Waals surface area contributed by atoms with E-state index in [-0.39, 0.29) is 18.6 Å². The smallest absolute Gasteiger partial charge is 0.246 e. The van der Waals surface area contributed by atoms with E-state index in [0.29, 0.717) is 0 Å². The van der Waals surface area contributed by atoms with Crippen molar-refractivity contribution in [2.45, 2.75) is 25.3 Å². The maximum absolute atomic E-state index is 12.0. The van der Waals surface area contributed by atoms with Gasteiger partial charge in [0.15, 0.2) is 0 Å². The van der Waals surface area contributed by atoms with Gasteiger partial charge in [-0.1, -0.05) is 6.07 Å². The Bertz CT molecular complexity index is 386. The van der Waals surface area contributed by atoms with Gasteiger partial charge in [0.05, 0.1) is 12.6 Å². The number of aliphatic hydroxyl groups excluding tert-OH is 1. The molecule has 1 aliphatic rings. The number of nitrogens with zero attached hydrogens (tertiary/aromatic N) is 1. The van der Waals surface area contributed by atoms with Gasteiger partial charge in [-0.15, -0.1) is 11.3 Å². The third-order valence-corrected chi connectivity index (χ3v) is 3.89. The van der Waals surface area contributed by atoms with E-state index in [2.05, 4.69) is 0 Å². The maximum atomic E-state index is 12.0. The summed E-state index contributed by atoms with van der Waals surface area (Å²) in [6, 6.07) is 3.95. The van der Waals surface area contributed by atoms with Crippen LogP contribution in [0.5, 0.6) is 0 Å². The summed E-state index contributed by atoms with van der Waals surface area (Å²) in [7, 11) is 0. The summed E-state index contributed by atoms with van der Waals surface area (Å²) >= 11 is 1.61. The number of rotatable bonds is 3. The van der Waals surface area contributed by atoms with Crippen LogP contribution in [0.25, 0.3) is 6.08 Å². The van der Waals surface area contributed by atoms with Gasteiger partial charge in [-0.05, 0) is 36.8 Å². The highest BCUT2D eigenvalue weighted by Gasteiger charge is 2.24. The van der Waals surface area contributed by atoms with Crippen molar-refractivity contribution in [2.24, 2.45) is 0 Å². The van der Waals surface area contributed by atoms with Gasteiger partial charge in [-0.3, -0.25) is 4.79 Å².